The van der Waals surface area contributed by atoms with Crippen LogP contribution < -0.4 is 4.72 Å². The van der Waals surface area contributed by atoms with Gasteiger partial charge in [-0.1, -0.05) is 30.3 Å². The highest BCUT2D eigenvalue weighted by molar-refractivity contribution is 7.90. The van der Waals surface area contributed by atoms with Crippen molar-refractivity contribution >= 4 is 32.3 Å². The molecule has 0 saturated carbocycles. The summed E-state index contributed by atoms with van der Waals surface area (Å²) >= 11 is 0. The number of nitriles is 1. The van der Waals surface area contributed by atoms with Crippen molar-refractivity contribution in [3.05, 3.63) is 59.9 Å². The van der Waals surface area contributed by atoms with Crippen molar-refractivity contribution in [1.82, 2.24) is 14.7 Å². The molecule has 7 heteroatoms. The molecule has 1 aliphatic heterocycles. The zero-order chi connectivity index (χ0) is 16.0. The maximum atomic E-state index is 12.2. The normalized spacial score (nSPS) is 17.3. The number of aromatic nitrogens is 2. The SMILES string of the molecule is N#C/C(=C1/NS(=O)(=O)c2ccccc21)c1nc2ccccc2[nH]1. The number of H-pyrrole nitrogens is 1. The van der Waals surface area contributed by atoms with Crippen molar-refractivity contribution < 1.29 is 8.42 Å². The van der Waals surface area contributed by atoms with Gasteiger partial charge in [-0.05, 0) is 18.2 Å². The average molecular weight is 322 g/mol. The maximum absolute atomic E-state index is 12.2. The molecule has 112 valence electrons. The second-order valence-electron chi connectivity index (χ2n) is 5.07. The maximum Gasteiger partial charge on any atom is 0.262 e. The van der Waals surface area contributed by atoms with Crippen LogP contribution in [0.3, 0.4) is 0 Å². The molecule has 3 aromatic rings. The lowest BCUT2D eigenvalue weighted by atomic mass is 10.1. The zero-order valence-electron chi connectivity index (χ0n) is 11.7. The van der Waals surface area contributed by atoms with Gasteiger partial charge in [-0.15, -0.1) is 0 Å². The van der Waals surface area contributed by atoms with E-state index in [0.29, 0.717) is 16.9 Å². The Hall–Kier alpha value is -3.11. The van der Waals surface area contributed by atoms with Crippen molar-refractivity contribution in [3.8, 4) is 6.07 Å². The van der Waals surface area contributed by atoms with E-state index < -0.39 is 10.0 Å². The minimum atomic E-state index is -3.65. The van der Waals surface area contributed by atoms with Crippen molar-refractivity contribution in [2.45, 2.75) is 4.90 Å². The van der Waals surface area contributed by atoms with Gasteiger partial charge < -0.3 is 4.98 Å². The average Bonchev–Trinajstić information content (AvgIpc) is 3.08. The predicted octanol–water partition coefficient (Wildman–Crippen LogP) is 2.25. The number of aromatic amines is 1. The summed E-state index contributed by atoms with van der Waals surface area (Å²) in [7, 11) is -3.65. The molecule has 23 heavy (non-hydrogen) atoms. The lowest BCUT2D eigenvalue weighted by Gasteiger charge is -2.02. The van der Waals surface area contributed by atoms with Crippen LogP contribution in [0.5, 0.6) is 0 Å². The molecule has 0 amide bonds. The molecule has 0 fully saturated rings. The standard InChI is InChI=1S/C16H10N4O2S/c17-9-11(16-18-12-6-2-3-7-13(12)19-16)15-10-5-1-4-8-14(10)23(21,22)20-15/h1-8,20H,(H,18,19)/b15-11-. The highest BCUT2D eigenvalue weighted by Gasteiger charge is 2.32. The third kappa shape index (κ3) is 2.00. The van der Waals surface area contributed by atoms with Gasteiger partial charge in [-0.3, -0.25) is 4.72 Å². The van der Waals surface area contributed by atoms with Crippen LogP contribution in [0, 0.1) is 11.3 Å². The molecule has 0 aliphatic carbocycles. The van der Waals surface area contributed by atoms with E-state index in [2.05, 4.69) is 20.8 Å². The lowest BCUT2D eigenvalue weighted by Crippen LogP contribution is -2.14. The molecule has 2 N–H and O–H groups in total. The topological polar surface area (TPSA) is 98.6 Å². The Labute approximate surface area is 132 Å². The monoisotopic (exact) mass is 322 g/mol. The van der Waals surface area contributed by atoms with Gasteiger partial charge in [0.15, 0.2) is 5.82 Å². The van der Waals surface area contributed by atoms with Crippen molar-refractivity contribution in [1.29, 1.82) is 5.26 Å². The van der Waals surface area contributed by atoms with Crippen molar-refractivity contribution in [3.63, 3.8) is 0 Å². The number of para-hydroxylation sites is 2. The van der Waals surface area contributed by atoms with Crippen molar-refractivity contribution in [2.24, 2.45) is 0 Å². The van der Waals surface area contributed by atoms with Gasteiger partial charge >= 0.3 is 0 Å². The second-order valence-corrected chi connectivity index (χ2v) is 6.72. The van der Waals surface area contributed by atoms with Crippen LogP contribution in [0.15, 0.2) is 53.4 Å². The van der Waals surface area contributed by atoms with Crippen LogP contribution in [0.25, 0.3) is 22.3 Å². The number of allylic oxidation sites excluding steroid dienone is 1. The third-order valence-corrected chi connectivity index (χ3v) is 5.08. The van der Waals surface area contributed by atoms with E-state index in [1.807, 2.05) is 24.3 Å². The Kier molecular flexibility index (Phi) is 2.76. The van der Waals surface area contributed by atoms with Gasteiger partial charge in [0.05, 0.1) is 21.6 Å². The number of nitrogens with one attached hydrogen (secondary N) is 2. The van der Waals surface area contributed by atoms with E-state index in [9.17, 15) is 13.7 Å². The summed E-state index contributed by atoms with van der Waals surface area (Å²) in [5, 5.41) is 9.56. The first-order valence-corrected chi connectivity index (χ1v) is 8.30. The molecule has 0 saturated heterocycles. The summed E-state index contributed by atoms with van der Waals surface area (Å²) in [6.45, 7) is 0. The van der Waals surface area contributed by atoms with E-state index in [0.717, 1.165) is 5.52 Å². The number of benzene rings is 2. The van der Waals surface area contributed by atoms with E-state index in [-0.39, 0.29) is 16.2 Å². The summed E-state index contributed by atoms with van der Waals surface area (Å²) < 4.78 is 26.9. The van der Waals surface area contributed by atoms with Crippen molar-refractivity contribution in [2.75, 3.05) is 0 Å². The number of nitrogens with zero attached hydrogens (tertiary/aromatic N) is 2. The first-order chi connectivity index (χ1) is 11.1. The fraction of sp³-hybridized carbons (Fsp3) is 0. The molecule has 0 spiro atoms. The third-order valence-electron chi connectivity index (χ3n) is 3.67. The number of fused-ring (bicyclic) bond motifs is 2. The molecular formula is C16H10N4O2S. The number of hydrogen-bond acceptors (Lipinski definition) is 4. The molecule has 2 aromatic carbocycles. The van der Waals surface area contributed by atoms with E-state index in [1.165, 1.54) is 6.07 Å². The minimum Gasteiger partial charge on any atom is -0.337 e. The van der Waals surface area contributed by atoms with Crippen LogP contribution in [0.4, 0.5) is 0 Å². The Morgan fingerprint density at radius 3 is 2.61 bits per heavy atom. The molecule has 1 aromatic heterocycles. The smallest absolute Gasteiger partial charge is 0.262 e. The van der Waals surface area contributed by atoms with Gasteiger partial charge in [-0.25, -0.2) is 13.4 Å². The summed E-state index contributed by atoms with van der Waals surface area (Å²) in [5.74, 6) is 0.336. The largest absolute Gasteiger partial charge is 0.337 e. The predicted molar refractivity (Wildman–Crippen MR) is 85.3 cm³/mol. The molecule has 2 heterocycles. The Morgan fingerprint density at radius 1 is 1.09 bits per heavy atom. The lowest BCUT2D eigenvalue weighted by molar-refractivity contribution is 0.594. The van der Waals surface area contributed by atoms with Crippen LogP contribution in [0.2, 0.25) is 0 Å². The number of hydrogen-bond donors (Lipinski definition) is 2. The van der Waals surface area contributed by atoms with Crippen LogP contribution in [-0.4, -0.2) is 18.4 Å². The number of rotatable bonds is 1. The van der Waals surface area contributed by atoms with Gasteiger partial charge in [0.25, 0.3) is 10.0 Å². The molecule has 1 aliphatic rings. The first-order valence-electron chi connectivity index (χ1n) is 6.82. The van der Waals surface area contributed by atoms with Gasteiger partial charge in [0.2, 0.25) is 0 Å². The Bertz CT molecular complexity index is 1090. The number of imidazole rings is 1. The Morgan fingerprint density at radius 2 is 1.83 bits per heavy atom. The van der Waals surface area contributed by atoms with Crippen LogP contribution >= 0.6 is 0 Å². The summed E-state index contributed by atoms with van der Waals surface area (Å²) in [6, 6.07) is 16.0. The quantitative estimate of drug-likeness (QED) is 0.671. The fourth-order valence-electron chi connectivity index (χ4n) is 2.64. The Balaban J connectivity index is 2.00. The summed E-state index contributed by atoms with van der Waals surface area (Å²) in [4.78, 5) is 7.60. The molecular weight excluding hydrogens is 312 g/mol. The highest BCUT2D eigenvalue weighted by atomic mass is 32.2. The first kappa shape index (κ1) is 13.5. The molecule has 0 atom stereocenters. The van der Waals surface area contributed by atoms with Gasteiger partial charge in [0, 0.05) is 5.56 Å². The van der Waals surface area contributed by atoms with Gasteiger partial charge in [-0.2, -0.15) is 5.26 Å². The van der Waals surface area contributed by atoms with E-state index >= 15 is 0 Å². The summed E-state index contributed by atoms with van der Waals surface area (Å²) in [6.07, 6.45) is 0. The van der Waals surface area contributed by atoms with E-state index in [1.54, 1.807) is 18.2 Å². The minimum absolute atomic E-state index is 0.162. The second kappa shape index (κ2) is 4.69. The molecule has 0 radical (unpaired) electrons. The zero-order valence-corrected chi connectivity index (χ0v) is 12.6. The van der Waals surface area contributed by atoms with Crippen LogP contribution in [-0.2, 0) is 10.0 Å². The molecule has 0 unspecified atom stereocenters. The molecule has 4 rings (SSSR count). The van der Waals surface area contributed by atoms with Crippen LogP contribution in [0.1, 0.15) is 11.4 Å². The van der Waals surface area contributed by atoms with E-state index in [4.69, 9.17) is 0 Å². The number of sulfonamides is 1. The van der Waals surface area contributed by atoms with Gasteiger partial charge in [0.1, 0.15) is 11.6 Å². The molecule has 0 bridgehead atoms. The highest BCUT2D eigenvalue weighted by Crippen LogP contribution is 2.34. The fourth-order valence-corrected chi connectivity index (χ4v) is 3.94. The summed E-state index contributed by atoms with van der Waals surface area (Å²) in [5.41, 5.74) is 2.39. The molecule has 6 nitrogen and oxygen atoms in total.